The summed E-state index contributed by atoms with van der Waals surface area (Å²) in [5.41, 5.74) is -0.887. The molecule has 1 fully saturated rings. The normalized spacial score (nSPS) is 16.9. The average molecular weight is 366 g/mol. The van der Waals surface area contributed by atoms with Gasteiger partial charge in [-0.05, 0) is 31.2 Å². The van der Waals surface area contributed by atoms with Crippen LogP contribution < -0.4 is 5.32 Å². The fourth-order valence-corrected chi connectivity index (χ4v) is 3.45. The summed E-state index contributed by atoms with van der Waals surface area (Å²) in [6.07, 6.45) is 2.93. The Hall–Kier alpha value is -3.07. The number of ether oxygens (including phenoxy) is 1. The topological polar surface area (TPSA) is 99.4 Å². The van der Waals surface area contributed by atoms with E-state index < -0.39 is 23.5 Å². The van der Waals surface area contributed by atoms with Gasteiger partial charge in [-0.1, -0.05) is 49.6 Å². The molecule has 0 heterocycles. The van der Waals surface area contributed by atoms with Gasteiger partial charge in [-0.15, -0.1) is 0 Å². The molecule has 0 spiro atoms. The summed E-state index contributed by atoms with van der Waals surface area (Å²) in [5, 5.41) is 23.9. The third-order valence-corrected chi connectivity index (χ3v) is 5.06. The van der Waals surface area contributed by atoms with E-state index in [4.69, 9.17) is 4.74 Å². The van der Waals surface area contributed by atoms with E-state index >= 15 is 0 Å². The van der Waals surface area contributed by atoms with E-state index in [1.807, 2.05) is 12.1 Å². The highest BCUT2D eigenvalue weighted by Gasteiger charge is 2.35. The van der Waals surface area contributed by atoms with Crippen molar-refractivity contribution in [2.75, 3.05) is 0 Å². The van der Waals surface area contributed by atoms with E-state index in [1.54, 1.807) is 18.2 Å². The Morgan fingerprint density at radius 1 is 1.19 bits per heavy atom. The number of carbonyl (C=O) groups excluding carboxylic acids is 2. The standard InChI is InChI=1S/C21H22N2O4/c1-14(19(25)23-21(13-22)11-5-2-6-12-21)27-20(26)17-10-9-15-7-3-4-8-16(15)18(17)24/h3-4,7-10,14,24H,2,5-6,11-12H2,1H3,(H,23,25)/t14-/m1/s1. The number of nitrogens with one attached hydrogen (secondary N) is 1. The molecule has 0 saturated heterocycles. The highest BCUT2D eigenvalue weighted by Crippen LogP contribution is 2.30. The number of amides is 1. The van der Waals surface area contributed by atoms with Crippen molar-refractivity contribution in [2.24, 2.45) is 0 Å². The molecule has 6 nitrogen and oxygen atoms in total. The largest absolute Gasteiger partial charge is 0.506 e. The molecule has 1 aliphatic rings. The fraction of sp³-hybridized carbons (Fsp3) is 0.381. The van der Waals surface area contributed by atoms with Gasteiger partial charge in [0.15, 0.2) is 6.10 Å². The highest BCUT2D eigenvalue weighted by molar-refractivity contribution is 6.01. The Bertz CT molecular complexity index is 910. The van der Waals surface area contributed by atoms with Gasteiger partial charge in [0, 0.05) is 5.39 Å². The molecule has 6 heteroatoms. The van der Waals surface area contributed by atoms with Crippen LogP contribution in [0, 0.1) is 11.3 Å². The lowest BCUT2D eigenvalue weighted by Gasteiger charge is -2.32. The highest BCUT2D eigenvalue weighted by atomic mass is 16.5. The molecule has 0 aromatic heterocycles. The minimum absolute atomic E-state index is 0.000938. The molecule has 0 aliphatic heterocycles. The van der Waals surface area contributed by atoms with Gasteiger partial charge < -0.3 is 15.2 Å². The van der Waals surface area contributed by atoms with Crippen molar-refractivity contribution in [2.45, 2.75) is 50.7 Å². The Balaban J connectivity index is 1.71. The second-order valence-corrected chi connectivity index (χ2v) is 6.97. The lowest BCUT2D eigenvalue weighted by molar-refractivity contribution is -0.130. The Kier molecular flexibility index (Phi) is 5.31. The molecular weight excluding hydrogens is 344 g/mol. The van der Waals surface area contributed by atoms with Crippen molar-refractivity contribution in [3.05, 3.63) is 42.0 Å². The first kappa shape index (κ1) is 18.7. The van der Waals surface area contributed by atoms with Crippen LogP contribution in [0.1, 0.15) is 49.4 Å². The summed E-state index contributed by atoms with van der Waals surface area (Å²) in [7, 11) is 0. The summed E-state index contributed by atoms with van der Waals surface area (Å²) in [6.45, 7) is 1.46. The third kappa shape index (κ3) is 3.87. The number of hydrogen-bond donors (Lipinski definition) is 2. The van der Waals surface area contributed by atoms with Gasteiger partial charge in [0.2, 0.25) is 0 Å². The van der Waals surface area contributed by atoms with Gasteiger partial charge in [-0.2, -0.15) is 5.26 Å². The van der Waals surface area contributed by atoms with Gasteiger partial charge in [-0.3, -0.25) is 4.79 Å². The molecule has 0 radical (unpaired) electrons. The summed E-state index contributed by atoms with van der Waals surface area (Å²) >= 11 is 0. The Morgan fingerprint density at radius 2 is 1.89 bits per heavy atom. The third-order valence-electron chi connectivity index (χ3n) is 5.06. The number of phenolic OH excluding ortho intramolecular Hbond substituents is 1. The zero-order valence-corrected chi connectivity index (χ0v) is 15.2. The number of nitrogens with zero attached hydrogens (tertiary/aromatic N) is 1. The molecule has 0 unspecified atom stereocenters. The number of aromatic hydroxyl groups is 1. The van der Waals surface area contributed by atoms with Crippen molar-refractivity contribution in [3.63, 3.8) is 0 Å². The molecule has 1 atom stereocenters. The van der Waals surface area contributed by atoms with Crippen LogP contribution in [0.5, 0.6) is 5.75 Å². The number of phenols is 1. The van der Waals surface area contributed by atoms with Crippen LogP contribution in [0.15, 0.2) is 36.4 Å². The maximum Gasteiger partial charge on any atom is 0.342 e. The molecule has 2 aromatic rings. The zero-order valence-electron chi connectivity index (χ0n) is 15.2. The number of benzene rings is 2. The van der Waals surface area contributed by atoms with E-state index in [9.17, 15) is 20.0 Å². The van der Waals surface area contributed by atoms with Crippen LogP contribution in [-0.4, -0.2) is 28.6 Å². The first-order valence-electron chi connectivity index (χ1n) is 9.11. The van der Waals surface area contributed by atoms with E-state index in [1.165, 1.54) is 13.0 Å². The van der Waals surface area contributed by atoms with E-state index in [0.717, 1.165) is 24.6 Å². The predicted molar refractivity (Wildman–Crippen MR) is 100 cm³/mol. The van der Waals surface area contributed by atoms with Crippen molar-refractivity contribution in [1.82, 2.24) is 5.32 Å². The number of rotatable bonds is 4. The summed E-state index contributed by atoms with van der Waals surface area (Å²) in [4.78, 5) is 24.9. The van der Waals surface area contributed by atoms with Gasteiger partial charge in [0.05, 0.1) is 6.07 Å². The fourth-order valence-electron chi connectivity index (χ4n) is 3.45. The number of fused-ring (bicyclic) bond motifs is 1. The molecule has 1 saturated carbocycles. The van der Waals surface area contributed by atoms with Crippen LogP contribution in [-0.2, 0) is 9.53 Å². The van der Waals surface area contributed by atoms with Crippen LogP contribution in [0.3, 0.4) is 0 Å². The smallest absolute Gasteiger partial charge is 0.342 e. The molecule has 2 N–H and O–H groups in total. The van der Waals surface area contributed by atoms with Gasteiger partial charge in [0.25, 0.3) is 5.91 Å². The van der Waals surface area contributed by atoms with Gasteiger partial charge in [-0.25, -0.2) is 4.79 Å². The first-order chi connectivity index (χ1) is 13.0. The van der Waals surface area contributed by atoms with Crippen molar-refractivity contribution >= 4 is 22.6 Å². The Morgan fingerprint density at radius 3 is 2.59 bits per heavy atom. The van der Waals surface area contributed by atoms with Crippen LogP contribution in [0.4, 0.5) is 0 Å². The number of esters is 1. The molecule has 1 aliphatic carbocycles. The van der Waals surface area contributed by atoms with Gasteiger partial charge in [0.1, 0.15) is 16.9 Å². The molecule has 2 aromatic carbocycles. The van der Waals surface area contributed by atoms with Crippen molar-refractivity contribution < 1.29 is 19.4 Å². The molecule has 3 rings (SSSR count). The SMILES string of the molecule is C[C@@H](OC(=O)c1ccc2ccccc2c1O)C(=O)NC1(C#N)CCCCC1. The quantitative estimate of drug-likeness (QED) is 0.808. The lowest BCUT2D eigenvalue weighted by Crippen LogP contribution is -2.52. The summed E-state index contributed by atoms with van der Waals surface area (Å²) in [5.74, 6) is -1.46. The van der Waals surface area contributed by atoms with Crippen molar-refractivity contribution in [3.8, 4) is 11.8 Å². The minimum atomic E-state index is -1.07. The van der Waals surface area contributed by atoms with E-state index in [2.05, 4.69) is 11.4 Å². The summed E-state index contributed by atoms with van der Waals surface area (Å²) < 4.78 is 5.24. The minimum Gasteiger partial charge on any atom is -0.506 e. The second-order valence-electron chi connectivity index (χ2n) is 6.97. The van der Waals surface area contributed by atoms with Crippen molar-refractivity contribution in [1.29, 1.82) is 5.26 Å². The number of nitriles is 1. The predicted octanol–water partition coefficient (Wildman–Crippen LogP) is 3.43. The maximum atomic E-state index is 12.4. The molecule has 1 amide bonds. The van der Waals surface area contributed by atoms with Crippen LogP contribution >= 0.6 is 0 Å². The van der Waals surface area contributed by atoms with Crippen LogP contribution in [0.2, 0.25) is 0 Å². The number of hydrogen-bond acceptors (Lipinski definition) is 5. The Labute approximate surface area is 157 Å². The molecule has 140 valence electrons. The van der Waals surface area contributed by atoms with E-state index in [-0.39, 0.29) is 11.3 Å². The average Bonchev–Trinajstić information content (AvgIpc) is 2.69. The zero-order chi connectivity index (χ0) is 19.4. The monoisotopic (exact) mass is 366 g/mol. The van der Waals surface area contributed by atoms with Crippen LogP contribution in [0.25, 0.3) is 10.8 Å². The second kappa shape index (κ2) is 7.67. The molecule has 0 bridgehead atoms. The summed E-state index contributed by atoms with van der Waals surface area (Å²) in [6, 6.07) is 12.5. The van der Waals surface area contributed by atoms with E-state index in [0.29, 0.717) is 18.2 Å². The maximum absolute atomic E-state index is 12.4. The molecule has 27 heavy (non-hydrogen) atoms. The first-order valence-corrected chi connectivity index (χ1v) is 9.11. The number of carbonyl (C=O) groups is 2. The molecular formula is C21H22N2O4. The lowest BCUT2D eigenvalue weighted by atomic mass is 9.83. The van der Waals surface area contributed by atoms with Gasteiger partial charge >= 0.3 is 5.97 Å².